The number of nitriles is 1. The molecule has 3 rings (SSSR count). The van der Waals surface area contributed by atoms with Crippen LogP contribution in [-0.2, 0) is 15.1 Å². The number of hydrogen-bond acceptors (Lipinski definition) is 4. The van der Waals surface area contributed by atoms with Gasteiger partial charge in [-0.1, -0.05) is 0 Å². The van der Waals surface area contributed by atoms with Crippen LogP contribution in [0, 0.1) is 28.9 Å². The number of carbonyl (C=O) groups excluding carboxylic acids is 3. The molecule has 142 valence electrons. The van der Waals surface area contributed by atoms with Gasteiger partial charge in [-0.25, -0.2) is 13.6 Å². The highest BCUT2D eigenvalue weighted by Crippen LogP contribution is 2.39. The number of benzene rings is 1. The summed E-state index contributed by atoms with van der Waals surface area (Å²) in [6.07, 6.45) is 1.62. The van der Waals surface area contributed by atoms with Gasteiger partial charge in [0, 0.05) is 5.56 Å². The van der Waals surface area contributed by atoms with E-state index in [1.807, 2.05) is 6.07 Å². The summed E-state index contributed by atoms with van der Waals surface area (Å²) >= 11 is 0. The Morgan fingerprint density at radius 3 is 2.70 bits per heavy atom. The molecule has 1 saturated carbocycles. The molecular weight excluding hydrogens is 358 g/mol. The van der Waals surface area contributed by atoms with Gasteiger partial charge in [-0.05, 0) is 50.8 Å². The van der Waals surface area contributed by atoms with Crippen molar-refractivity contribution in [2.75, 3.05) is 6.54 Å². The van der Waals surface area contributed by atoms with Crippen LogP contribution in [0.1, 0.15) is 32.3 Å². The van der Waals surface area contributed by atoms with E-state index >= 15 is 0 Å². The number of amides is 4. The third-order valence-electron chi connectivity index (χ3n) is 5.07. The Morgan fingerprint density at radius 2 is 2.11 bits per heavy atom. The summed E-state index contributed by atoms with van der Waals surface area (Å²) in [4.78, 5) is 37.9. The number of carbonyl (C=O) groups is 3. The van der Waals surface area contributed by atoms with Crippen molar-refractivity contribution in [2.24, 2.45) is 5.92 Å². The molecule has 27 heavy (non-hydrogen) atoms. The Morgan fingerprint density at radius 1 is 1.44 bits per heavy atom. The first-order valence-electron chi connectivity index (χ1n) is 8.42. The van der Waals surface area contributed by atoms with Crippen molar-refractivity contribution < 1.29 is 23.2 Å². The lowest BCUT2D eigenvalue weighted by atomic mass is 9.91. The Bertz CT molecular complexity index is 880. The molecule has 1 aromatic rings. The summed E-state index contributed by atoms with van der Waals surface area (Å²) in [5.41, 5.74) is -3.24. The molecule has 1 heterocycles. The maximum Gasteiger partial charge on any atom is 0.325 e. The van der Waals surface area contributed by atoms with E-state index in [1.165, 1.54) is 6.92 Å². The van der Waals surface area contributed by atoms with E-state index in [0.717, 1.165) is 31.0 Å². The first-order chi connectivity index (χ1) is 12.6. The highest BCUT2D eigenvalue weighted by molar-refractivity contribution is 6.09. The molecule has 2 N–H and O–H groups in total. The average Bonchev–Trinajstić information content (AvgIpc) is 3.43. The molecule has 2 aliphatic rings. The van der Waals surface area contributed by atoms with Crippen LogP contribution in [0.2, 0.25) is 0 Å². The Hall–Kier alpha value is -3.02. The molecule has 0 unspecified atom stereocenters. The number of hydrogen-bond donors (Lipinski definition) is 2. The zero-order valence-electron chi connectivity index (χ0n) is 14.8. The lowest BCUT2D eigenvalue weighted by Crippen LogP contribution is -2.51. The minimum Gasteiger partial charge on any atom is -0.336 e. The second kappa shape index (κ2) is 6.30. The van der Waals surface area contributed by atoms with E-state index < -0.39 is 47.1 Å². The number of imide groups is 1. The number of halogens is 2. The number of urea groups is 1. The third-order valence-corrected chi connectivity index (χ3v) is 5.07. The predicted octanol–water partition coefficient (Wildman–Crippen LogP) is 1.54. The molecule has 2 atom stereocenters. The normalized spacial score (nSPS) is 24.2. The van der Waals surface area contributed by atoms with Crippen molar-refractivity contribution >= 4 is 17.8 Å². The fraction of sp³-hybridized carbons (Fsp3) is 0.444. The molecular formula is C18H18F2N4O3. The van der Waals surface area contributed by atoms with Crippen LogP contribution in [0.3, 0.4) is 0 Å². The van der Waals surface area contributed by atoms with Gasteiger partial charge in [0.15, 0.2) is 0 Å². The SMILES string of the molecule is C[C@]1(c2cc(F)ccc2F)NC(=O)N(CC(=O)N[C@@](C)(C#N)C2CC2)C1=O. The van der Waals surface area contributed by atoms with Crippen molar-refractivity contribution in [1.29, 1.82) is 5.26 Å². The zero-order valence-corrected chi connectivity index (χ0v) is 14.8. The van der Waals surface area contributed by atoms with E-state index in [0.29, 0.717) is 4.90 Å². The van der Waals surface area contributed by atoms with Gasteiger partial charge in [-0.2, -0.15) is 5.26 Å². The number of nitrogens with zero attached hydrogens (tertiary/aromatic N) is 2. The van der Waals surface area contributed by atoms with E-state index in [4.69, 9.17) is 0 Å². The molecule has 2 fully saturated rings. The molecule has 9 heteroatoms. The van der Waals surface area contributed by atoms with Crippen LogP contribution in [0.4, 0.5) is 13.6 Å². The van der Waals surface area contributed by atoms with Crippen molar-refractivity contribution in [1.82, 2.24) is 15.5 Å². The second-order valence-electron chi connectivity index (χ2n) is 7.21. The van der Waals surface area contributed by atoms with Gasteiger partial charge in [-0.3, -0.25) is 14.5 Å². The van der Waals surface area contributed by atoms with Crippen LogP contribution < -0.4 is 10.6 Å². The summed E-state index contributed by atoms with van der Waals surface area (Å²) in [5.74, 6) is -3.15. The summed E-state index contributed by atoms with van der Waals surface area (Å²) in [6.45, 7) is 2.20. The van der Waals surface area contributed by atoms with Crippen LogP contribution in [0.15, 0.2) is 18.2 Å². The Balaban J connectivity index is 1.79. The number of rotatable bonds is 5. The highest BCUT2D eigenvalue weighted by atomic mass is 19.1. The van der Waals surface area contributed by atoms with E-state index in [-0.39, 0.29) is 11.5 Å². The fourth-order valence-electron chi connectivity index (χ4n) is 3.26. The van der Waals surface area contributed by atoms with Crippen LogP contribution in [-0.4, -0.2) is 34.8 Å². The third kappa shape index (κ3) is 3.23. The van der Waals surface area contributed by atoms with Crippen LogP contribution in [0.5, 0.6) is 0 Å². The van der Waals surface area contributed by atoms with Crippen molar-refractivity contribution in [3.63, 3.8) is 0 Å². The summed E-state index contributed by atoms with van der Waals surface area (Å²) in [6, 6.07) is 3.74. The standard InChI is InChI=1S/C18H18F2N4O3/c1-17(9-21,10-3-4-10)22-14(25)8-24-15(26)18(2,23-16(24)27)12-7-11(19)5-6-13(12)20/h5-7,10H,3-4,8H2,1-2H3,(H,22,25)(H,23,27)/t17-,18+/m0/s1. The van der Waals surface area contributed by atoms with Crippen LogP contribution in [0.25, 0.3) is 0 Å². The van der Waals surface area contributed by atoms with Gasteiger partial charge in [0.2, 0.25) is 5.91 Å². The highest BCUT2D eigenvalue weighted by Gasteiger charge is 2.51. The van der Waals surface area contributed by atoms with Crippen molar-refractivity contribution in [2.45, 2.75) is 37.8 Å². The predicted molar refractivity (Wildman–Crippen MR) is 88.8 cm³/mol. The molecule has 0 aromatic heterocycles. The molecule has 0 radical (unpaired) electrons. The van der Waals surface area contributed by atoms with Gasteiger partial charge in [0.1, 0.15) is 29.3 Å². The summed E-state index contributed by atoms with van der Waals surface area (Å²) < 4.78 is 27.6. The molecule has 1 saturated heterocycles. The maximum absolute atomic E-state index is 14.1. The molecule has 1 aromatic carbocycles. The van der Waals surface area contributed by atoms with Gasteiger partial charge in [-0.15, -0.1) is 0 Å². The average molecular weight is 376 g/mol. The lowest BCUT2D eigenvalue weighted by molar-refractivity contribution is -0.135. The summed E-state index contributed by atoms with van der Waals surface area (Å²) in [5, 5.41) is 14.2. The van der Waals surface area contributed by atoms with Gasteiger partial charge in [0.25, 0.3) is 5.91 Å². The first-order valence-corrected chi connectivity index (χ1v) is 8.42. The smallest absolute Gasteiger partial charge is 0.325 e. The molecule has 1 aliphatic carbocycles. The van der Waals surface area contributed by atoms with E-state index in [1.54, 1.807) is 6.92 Å². The second-order valence-corrected chi connectivity index (χ2v) is 7.21. The van der Waals surface area contributed by atoms with E-state index in [2.05, 4.69) is 10.6 Å². The molecule has 4 amide bonds. The zero-order chi connectivity index (χ0) is 20.0. The maximum atomic E-state index is 14.1. The fourth-order valence-corrected chi connectivity index (χ4v) is 3.26. The Labute approximate surface area is 154 Å². The van der Waals surface area contributed by atoms with E-state index in [9.17, 15) is 28.4 Å². The summed E-state index contributed by atoms with van der Waals surface area (Å²) in [7, 11) is 0. The van der Waals surface area contributed by atoms with Crippen LogP contribution >= 0.6 is 0 Å². The minimum absolute atomic E-state index is 0.0289. The van der Waals surface area contributed by atoms with Gasteiger partial charge >= 0.3 is 6.03 Å². The topological polar surface area (TPSA) is 102 Å². The lowest BCUT2D eigenvalue weighted by Gasteiger charge is -2.25. The first kappa shape index (κ1) is 18.8. The van der Waals surface area contributed by atoms with Gasteiger partial charge in [0.05, 0.1) is 6.07 Å². The Kier molecular flexibility index (Phi) is 4.38. The molecule has 1 aliphatic heterocycles. The number of nitrogens with one attached hydrogen (secondary N) is 2. The quantitative estimate of drug-likeness (QED) is 0.761. The van der Waals surface area contributed by atoms with Crippen molar-refractivity contribution in [3.8, 4) is 6.07 Å². The van der Waals surface area contributed by atoms with Crippen molar-refractivity contribution in [3.05, 3.63) is 35.4 Å². The largest absolute Gasteiger partial charge is 0.336 e. The molecule has 0 bridgehead atoms. The van der Waals surface area contributed by atoms with Gasteiger partial charge < -0.3 is 10.6 Å². The monoisotopic (exact) mass is 376 g/mol. The molecule has 0 spiro atoms. The molecule has 7 nitrogen and oxygen atoms in total. The minimum atomic E-state index is -1.83.